The van der Waals surface area contributed by atoms with Gasteiger partial charge in [0.05, 0.1) is 0 Å². The first-order valence-electron chi connectivity index (χ1n) is 2.65. The van der Waals surface area contributed by atoms with E-state index in [1.54, 1.807) is 0 Å². The topological polar surface area (TPSA) is 12.0 Å². The van der Waals surface area contributed by atoms with Gasteiger partial charge in [0.1, 0.15) is 0 Å². The third-order valence-electron chi connectivity index (χ3n) is 1.17. The summed E-state index contributed by atoms with van der Waals surface area (Å²) in [6, 6.07) is 8.46. The summed E-state index contributed by atoms with van der Waals surface area (Å²) >= 11 is 0.608. The summed E-state index contributed by atoms with van der Waals surface area (Å²) in [4.78, 5) is 0. The summed E-state index contributed by atoms with van der Waals surface area (Å²) in [5.74, 6) is 0. The third-order valence-corrected chi connectivity index (χ3v) is 4.66. The maximum absolute atomic E-state index is 3.24. The Morgan fingerprint density at radius 3 is 3.11 bits per heavy atom. The molecule has 0 aromatic heterocycles. The van der Waals surface area contributed by atoms with Gasteiger partial charge < -0.3 is 0 Å². The Balaban J connectivity index is 2.54. The molecule has 1 aliphatic heterocycles. The van der Waals surface area contributed by atoms with Crippen LogP contribution in [0.15, 0.2) is 24.3 Å². The molecule has 0 spiro atoms. The summed E-state index contributed by atoms with van der Waals surface area (Å²) in [7, 11) is 1.82. The van der Waals surface area contributed by atoms with Crippen molar-refractivity contribution in [3.63, 3.8) is 0 Å². The summed E-state index contributed by atoms with van der Waals surface area (Å²) in [6.45, 7) is 0. The Hall–Kier alpha value is -0.111. The normalized spacial score (nSPS) is 14.7. The quantitative estimate of drug-likeness (QED) is 0.497. The predicted octanol–water partition coefficient (Wildman–Crippen LogP) is 1.00. The van der Waals surface area contributed by atoms with Gasteiger partial charge >= 0.3 is 63.3 Å². The van der Waals surface area contributed by atoms with Crippen LogP contribution < -0.4 is 9.18 Å². The van der Waals surface area contributed by atoms with Crippen LogP contribution in [0.1, 0.15) is 0 Å². The number of benzene rings is 1. The van der Waals surface area contributed by atoms with Crippen LogP contribution in [0.5, 0.6) is 0 Å². The second-order valence-corrected chi connectivity index (χ2v) is 5.32. The van der Waals surface area contributed by atoms with Crippen LogP contribution in [0.4, 0.5) is 5.69 Å². The van der Waals surface area contributed by atoms with E-state index in [0.29, 0.717) is 13.8 Å². The van der Waals surface area contributed by atoms with Crippen LogP contribution in [0.3, 0.4) is 0 Å². The molecule has 1 aromatic rings. The average Bonchev–Trinajstić information content (AvgIpc) is 2.33. The SMILES string of the molecule is c1ccc2c(c1)NS[Se]2. The van der Waals surface area contributed by atoms with Crippen molar-refractivity contribution in [1.82, 2.24) is 0 Å². The van der Waals surface area contributed by atoms with Crippen LogP contribution in [-0.4, -0.2) is 13.8 Å². The summed E-state index contributed by atoms with van der Waals surface area (Å²) in [5.41, 5.74) is 1.31. The molecule has 3 heteroatoms. The van der Waals surface area contributed by atoms with Crippen molar-refractivity contribution < 1.29 is 0 Å². The van der Waals surface area contributed by atoms with Gasteiger partial charge in [-0.3, -0.25) is 0 Å². The first-order valence-corrected chi connectivity index (χ1v) is 6.35. The number of nitrogens with one attached hydrogen (secondary N) is 1. The zero-order valence-corrected chi connectivity index (χ0v) is 7.16. The molecule has 0 aliphatic carbocycles. The van der Waals surface area contributed by atoms with Crippen molar-refractivity contribution in [2.45, 2.75) is 0 Å². The fraction of sp³-hybridized carbons (Fsp3) is 0. The van der Waals surface area contributed by atoms with Gasteiger partial charge in [-0.2, -0.15) is 0 Å². The second-order valence-electron chi connectivity index (χ2n) is 1.76. The number of rotatable bonds is 0. The summed E-state index contributed by atoms with van der Waals surface area (Å²) in [6.07, 6.45) is 0. The van der Waals surface area contributed by atoms with Crippen LogP contribution in [-0.2, 0) is 0 Å². The Morgan fingerprint density at radius 1 is 1.33 bits per heavy atom. The molecule has 1 aromatic carbocycles. The van der Waals surface area contributed by atoms with Gasteiger partial charge in [-0.1, -0.05) is 0 Å². The molecule has 0 bridgehead atoms. The molecule has 1 nitrogen and oxygen atoms in total. The fourth-order valence-corrected chi connectivity index (χ4v) is 4.15. The van der Waals surface area contributed by atoms with Crippen LogP contribution >= 0.6 is 10.4 Å². The minimum atomic E-state index is 0.608. The molecular weight excluding hydrogens is 197 g/mol. The zero-order chi connectivity index (χ0) is 6.10. The van der Waals surface area contributed by atoms with Gasteiger partial charge in [-0.25, -0.2) is 0 Å². The Morgan fingerprint density at radius 2 is 2.22 bits per heavy atom. The predicted molar refractivity (Wildman–Crippen MR) is 43.0 cm³/mol. The zero-order valence-electron chi connectivity index (χ0n) is 4.63. The molecule has 2 rings (SSSR count). The van der Waals surface area contributed by atoms with Crippen molar-refractivity contribution in [3.8, 4) is 0 Å². The summed E-state index contributed by atoms with van der Waals surface area (Å²) in [5, 5.41) is 0. The van der Waals surface area contributed by atoms with Crippen molar-refractivity contribution in [3.05, 3.63) is 24.3 Å². The molecule has 0 fully saturated rings. The Labute approximate surface area is 63.6 Å². The van der Waals surface area contributed by atoms with Crippen LogP contribution in [0, 0.1) is 0 Å². The van der Waals surface area contributed by atoms with E-state index < -0.39 is 0 Å². The standard InChI is InChI=1S/C6H5NSSe/c1-2-4-6-5(3-1)7-8-9-6/h1-4,7H. The van der Waals surface area contributed by atoms with Gasteiger partial charge in [0.15, 0.2) is 0 Å². The number of hydrogen-bond donors (Lipinski definition) is 1. The van der Waals surface area contributed by atoms with Gasteiger partial charge in [0.25, 0.3) is 0 Å². The molecule has 1 aliphatic rings. The molecule has 0 amide bonds. The monoisotopic (exact) mass is 203 g/mol. The van der Waals surface area contributed by atoms with E-state index in [1.165, 1.54) is 10.1 Å². The van der Waals surface area contributed by atoms with E-state index in [9.17, 15) is 0 Å². The summed E-state index contributed by atoms with van der Waals surface area (Å²) < 4.78 is 4.73. The van der Waals surface area contributed by atoms with Gasteiger partial charge in [0, 0.05) is 0 Å². The van der Waals surface area contributed by atoms with E-state index in [2.05, 4.69) is 29.0 Å². The molecule has 1 heterocycles. The van der Waals surface area contributed by atoms with Crippen molar-refractivity contribution in [1.29, 1.82) is 0 Å². The molecule has 9 heavy (non-hydrogen) atoms. The van der Waals surface area contributed by atoms with E-state index >= 15 is 0 Å². The molecular formula is C6H5NSSe. The third kappa shape index (κ3) is 0.959. The van der Waals surface area contributed by atoms with Crippen LogP contribution in [0.25, 0.3) is 0 Å². The maximum atomic E-state index is 3.24. The minimum absolute atomic E-state index is 0.608. The van der Waals surface area contributed by atoms with Crippen molar-refractivity contribution in [2.24, 2.45) is 0 Å². The Bertz CT molecular complexity index is 203. The molecule has 46 valence electrons. The van der Waals surface area contributed by atoms with Gasteiger partial charge in [-0.15, -0.1) is 0 Å². The number of fused-ring (bicyclic) bond motifs is 1. The first kappa shape index (κ1) is 5.66. The Kier molecular flexibility index (Phi) is 1.42. The molecule has 0 saturated carbocycles. The van der Waals surface area contributed by atoms with Crippen molar-refractivity contribution in [2.75, 3.05) is 4.72 Å². The van der Waals surface area contributed by atoms with Gasteiger partial charge in [0.2, 0.25) is 0 Å². The molecule has 1 N–H and O–H groups in total. The number of para-hydroxylation sites is 1. The second kappa shape index (κ2) is 2.25. The van der Waals surface area contributed by atoms with E-state index in [-0.39, 0.29) is 0 Å². The molecule has 0 unspecified atom stereocenters. The number of anilines is 1. The van der Waals surface area contributed by atoms with E-state index in [0.717, 1.165) is 0 Å². The van der Waals surface area contributed by atoms with Crippen molar-refractivity contribution >= 4 is 34.4 Å². The molecule has 0 saturated heterocycles. The first-order chi connectivity index (χ1) is 4.47. The molecule has 0 radical (unpaired) electrons. The average molecular weight is 202 g/mol. The molecule has 0 atom stereocenters. The van der Waals surface area contributed by atoms with E-state index in [1.807, 2.05) is 10.4 Å². The van der Waals surface area contributed by atoms with Gasteiger partial charge in [-0.05, 0) is 0 Å². The number of hydrogen-bond acceptors (Lipinski definition) is 2. The fourth-order valence-electron chi connectivity index (χ4n) is 0.734. The van der Waals surface area contributed by atoms with Crippen LogP contribution in [0.2, 0.25) is 0 Å². The van der Waals surface area contributed by atoms with E-state index in [4.69, 9.17) is 0 Å².